The Hall–Kier alpha value is -1.59. The van der Waals surface area contributed by atoms with Gasteiger partial charge in [0.2, 0.25) is 5.91 Å². The van der Waals surface area contributed by atoms with Gasteiger partial charge in [0.1, 0.15) is 24.4 Å². The van der Waals surface area contributed by atoms with Crippen molar-refractivity contribution in [3.8, 4) is 0 Å². The van der Waals surface area contributed by atoms with Crippen LogP contribution in [0.3, 0.4) is 0 Å². The zero-order valence-corrected chi connectivity index (χ0v) is 40.8. The summed E-state index contributed by atoms with van der Waals surface area (Å²) in [5.74, 6) is -0.189. The molecule has 1 saturated heterocycles. The van der Waals surface area contributed by atoms with E-state index in [1.807, 2.05) is 6.08 Å². The minimum Gasteiger partial charge on any atom is -0.394 e. The second-order valence-electron chi connectivity index (χ2n) is 18.7. The van der Waals surface area contributed by atoms with E-state index in [0.29, 0.717) is 6.42 Å². The molecule has 7 unspecified atom stereocenters. The van der Waals surface area contributed by atoms with Crippen LogP contribution in [0.4, 0.5) is 0 Å². The second-order valence-corrected chi connectivity index (χ2v) is 18.7. The number of aliphatic hydroxyl groups is 5. The average molecular weight is 892 g/mol. The highest BCUT2D eigenvalue weighted by molar-refractivity contribution is 5.76. The van der Waals surface area contributed by atoms with Gasteiger partial charge in [-0.2, -0.15) is 0 Å². The highest BCUT2D eigenvalue weighted by atomic mass is 16.7. The third-order valence-electron chi connectivity index (χ3n) is 12.7. The fourth-order valence-electron chi connectivity index (χ4n) is 8.41. The minimum absolute atomic E-state index is 0.189. The summed E-state index contributed by atoms with van der Waals surface area (Å²) >= 11 is 0. The third-order valence-corrected chi connectivity index (χ3v) is 12.7. The molecule has 9 heteroatoms. The number of carbonyl (C=O) groups is 1. The highest BCUT2D eigenvalue weighted by Gasteiger charge is 2.44. The van der Waals surface area contributed by atoms with E-state index in [-0.39, 0.29) is 12.5 Å². The summed E-state index contributed by atoms with van der Waals surface area (Å²) < 4.78 is 11.2. The van der Waals surface area contributed by atoms with Crippen molar-refractivity contribution < 1.29 is 39.8 Å². The molecule has 0 saturated carbocycles. The molecule has 0 aromatic heterocycles. The number of hydrogen-bond donors (Lipinski definition) is 6. The van der Waals surface area contributed by atoms with Gasteiger partial charge in [0, 0.05) is 6.42 Å². The van der Waals surface area contributed by atoms with Crippen molar-refractivity contribution in [2.45, 2.75) is 288 Å². The van der Waals surface area contributed by atoms with Crippen LogP contribution in [0.25, 0.3) is 0 Å². The molecule has 7 atom stereocenters. The van der Waals surface area contributed by atoms with Crippen molar-refractivity contribution in [2.75, 3.05) is 13.2 Å². The lowest BCUT2D eigenvalue weighted by atomic mass is 9.99. The van der Waals surface area contributed by atoms with Crippen molar-refractivity contribution >= 4 is 5.91 Å². The molecule has 1 rings (SSSR count). The molecule has 6 N–H and O–H groups in total. The summed E-state index contributed by atoms with van der Waals surface area (Å²) in [4.78, 5) is 13.0. The predicted molar refractivity (Wildman–Crippen MR) is 263 cm³/mol. The largest absolute Gasteiger partial charge is 0.394 e. The quantitative estimate of drug-likeness (QED) is 0.0261. The van der Waals surface area contributed by atoms with Gasteiger partial charge in [0.25, 0.3) is 0 Å². The molecule has 0 aliphatic carbocycles. The number of aliphatic hydroxyl groups excluding tert-OH is 5. The van der Waals surface area contributed by atoms with E-state index in [2.05, 4.69) is 43.5 Å². The monoisotopic (exact) mass is 892 g/mol. The van der Waals surface area contributed by atoms with Crippen LogP contribution in [0.15, 0.2) is 36.5 Å². The third kappa shape index (κ3) is 34.4. The van der Waals surface area contributed by atoms with E-state index in [1.54, 1.807) is 6.08 Å². The van der Waals surface area contributed by atoms with E-state index in [0.717, 1.165) is 51.4 Å². The lowest BCUT2D eigenvalue weighted by molar-refractivity contribution is -0.302. The van der Waals surface area contributed by atoms with Gasteiger partial charge in [-0.1, -0.05) is 237 Å². The maximum atomic E-state index is 13.0. The van der Waals surface area contributed by atoms with E-state index in [9.17, 15) is 30.3 Å². The smallest absolute Gasteiger partial charge is 0.220 e. The first kappa shape index (κ1) is 59.4. The van der Waals surface area contributed by atoms with Crippen molar-refractivity contribution in [1.29, 1.82) is 0 Å². The van der Waals surface area contributed by atoms with E-state index in [1.165, 1.54) is 173 Å². The first-order chi connectivity index (χ1) is 30.8. The van der Waals surface area contributed by atoms with Gasteiger partial charge in [-0.3, -0.25) is 4.79 Å². The zero-order chi connectivity index (χ0) is 45.9. The van der Waals surface area contributed by atoms with Gasteiger partial charge in [0.05, 0.1) is 25.4 Å². The highest BCUT2D eigenvalue weighted by Crippen LogP contribution is 2.23. The molecule has 0 aromatic rings. The van der Waals surface area contributed by atoms with Crippen molar-refractivity contribution in [3.63, 3.8) is 0 Å². The van der Waals surface area contributed by atoms with Gasteiger partial charge >= 0.3 is 0 Å². The Bertz CT molecular complexity index is 1080. The summed E-state index contributed by atoms with van der Waals surface area (Å²) in [6, 6.07) is -0.824. The molecule has 370 valence electrons. The van der Waals surface area contributed by atoms with E-state index in [4.69, 9.17) is 9.47 Å². The molecule has 9 nitrogen and oxygen atoms in total. The fourth-order valence-corrected chi connectivity index (χ4v) is 8.41. The molecule has 1 fully saturated rings. The van der Waals surface area contributed by atoms with Crippen LogP contribution in [0.2, 0.25) is 0 Å². The maximum absolute atomic E-state index is 13.0. The van der Waals surface area contributed by atoms with Crippen molar-refractivity contribution in [2.24, 2.45) is 0 Å². The predicted octanol–water partition coefficient (Wildman–Crippen LogP) is 12.4. The molecule has 1 aliphatic rings. The molecule has 63 heavy (non-hydrogen) atoms. The van der Waals surface area contributed by atoms with Crippen LogP contribution in [0, 0.1) is 0 Å². The number of amides is 1. The average Bonchev–Trinajstić information content (AvgIpc) is 3.28. The van der Waals surface area contributed by atoms with Gasteiger partial charge in [-0.05, 0) is 38.5 Å². The summed E-state index contributed by atoms with van der Waals surface area (Å²) in [6.45, 7) is 3.72. The Morgan fingerprint density at radius 2 is 0.905 bits per heavy atom. The number of carbonyl (C=O) groups excluding carboxylic acids is 1. The molecule has 0 spiro atoms. The fraction of sp³-hybridized carbons (Fsp3) is 0.870. The number of allylic oxidation sites excluding steroid dienone is 5. The molecule has 1 heterocycles. The summed E-state index contributed by atoms with van der Waals surface area (Å²) in [6.07, 6.45) is 49.4. The molecular weight excluding hydrogens is 791 g/mol. The zero-order valence-electron chi connectivity index (χ0n) is 40.8. The molecular formula is C54H101NO8. The Morgan fingerprint density at radius 1 is 0.524 bits per heavy atom. The lowest BCUT2D eigenvalue weighted by Gasteiger charge is -2.40. The number of nitrogens with one attached hydrogen (secondary N) is 1. The van der Waals surface area contributed by atoms with Gasteiger partial charge < -0.3 is 40.3 Å². The maximum Gasteiger partial charge on any atom is 0.220 e. The Morgan fingerprint density at radius 3 is 1.32 bits per heavy atom. The Kier molecular flexibility index (Phi) is 41.7. The molecule has 1 amide bonds. The lowest BCUT2D eigenvalue weighted by Crippen LogP contribution is -2.60. The van der Waals surface area contributed by atoms with Gasteiger partial charge in [-0.25, -0.2) is 0 Å². The second kappa shape index (κ2) is 44.3. The van der Waals surface area contributed by atoms with Crippen LogP contribution in [-0.2, 0) is 14.3 Å². The Labute approximate surface area is 387 Å². The standard InChI is InChI=1S/C54H101NO8/c1-3-5-7-9-11-13-15-17-18-19-20-21-22-23-24-25-26-27-28-29-30-31-32-34-36-38-40-42-44-50(58)55-47(46-62-54-53(61)52(60)51(59)49(45-56)63-54)48(57)43-41-39-37-35-33-16-14-12-10-8-6-4-2/h10,12,33,35,41,43,47-49,51-54,56-57,59-61H,3-9,11,13-32,34,36-40,42,44-46H2,1-2H3,(H,55,58)/b12-10+,35-33+,43-41+. The van der Waals surface area contributed by atoms with Gasteiger partial charge in [-0.15, -0.1) is 0 Å². The molecule has 0 radical (unpaired) electrons. The molecule has 0 bridgehead atoms. The number of hydrogen-bond acceptors (Lipinski definition) is 8. The normalized spacial score (nSPS) is 20.4. The summed E-state index contributed by atoms with van der Waals surface area (Å²) in [5, 5.41) is 54.2. The van der Waals surface area contributed by atoms with E-state index >= 15 is 0 Å². The van der Waals surface area contributed by atoms with Crippen LogP contribution in [0.1, 0.15) is 245 Å². The summed E-state index contributed by atoms with van der Waals surface area (Å²) in [5.41, 5.74) is 0. The van der Waals surface area contributed by atoms with Gasteiger partial charge in [0.15, 0.2) is 6.29 Å². The summed E-state index contributed by atoms with van der Waals surface area (Å²) in [7, 11) is 0. The topological polar surface area (TPSA) is 149 Å². The van der Waals surface area contributed by atoms with Crippen LogP contribution < -0.4 is 5.32 Å². The first-order valence-corrected chi connectivity index (χ1v) is 26.7. The Balaban J connectivity index is 2.17. The van der Waals surface area contributed by atoms with E-state index < -0.39 is 49.5 Å². The number of unbranched alkanes of at least 4 members (excludes halogenated alkanes) is 31. The molecule has 0 aromatic carbocycles. The minimum atomic E-state index is -1.57. The van der Waals surface area contributed by atoms with Crippen LogP contribution >= 0.6 is 0 Å². The number of ether oxygens (including phenoxy) is 2. The van der Waals surface area contributed by atoms with Crippen molar-refractivity contribution in [3.05, 3.63) is 36.5 Å². The van der Waals surface area contributed by atoms with Crippen LogP contribution in [0.5, 0.6) is 0 Å². The molecule has 1 aliphatic heterocycles. The van der Waals surface area contributed by atoms with Crippen LogP contribution in [-0.4, -0.2) is 87.5 Å². The first-order valence-electron chi connectivity index (χ1n) is 26.7. The number of rotatable bonds is 45. The SMILES string of the molecule is CCCC/C=C/CC/C=C/CC/C=C/C(O)C(COC1OC(CO)C(O)C(O)C1O)NC(=O)CCCCCCCCCCCCCCCCCCCCCCCCCCCCCC. The van der Waals surface area contributed by atoms with Crippen molar-refractivity contribution in [1.82, 2.24) is 5.32 Å².